The Hall–Kier alpha value is -3.44. The second kappa shape index (κ2) is 10.5. The molecule has 0 saturated carbocycles. The number of amides is 1. The molecule has 0 aliphatic carbocycles. The summed E-state index contributed by atoms with van der Waals surface area (Å²) < 4.78 is 23.3. The number of fused-ring (bicyclic) bond motifs is 1. The Labute approximate surface area is 193 Å². The van der Waals surface area contributed by atoms with Crippen LogP contribution in [0.5, 0.6) is 11.5 Å². The molecule has 1 saturated heterocycles. The molecule has 0 bridgehead atoms. The van der Waals surface area contributed by atoms with Crippen molar-refractivity contribution in [3.63, 3.8) is 0 Å². The number of aromatic nitrogens is 2. The van der Waals surface area contributed by atoms with Crippen molar-refractivity contribution < 1.29 is 28.5 Å². The molecule has 0 atom stereocenters. The molecule has 0 unspecified atom stereocenters. The number of esters is 1. The average Bonchev–Trinajstić information content (AvgIpc) is 3.31. The van der Waals surface area contributed by atoms with Crippen LogP contribution in [0.4, 0.5) is 0 Å². The highest BCUT2D eigenvalue weighted by atomic mass is 32.1. The standard InChI is InChI=1S/C22H23N3O7S/c1-2-30-18-11-15(3-4-17(18)31-14-20(27)24-5-8-29-9-6-24)21(28)32-13-16-12-19(26)25-7-10-33-22(25)23-16/h3-4,7,10-12H,2,5-6,8-9,13-14H2,1H3. The fourth-order valence-electron chi connectivity index (χ4n) is 3.25. The van der Waals surface area contributed by atoms with E-state index in [1.807, 2.05) is 0 Å². The van der Waals surface area contributed by atoms with Gasteiger partial charge in [0.1, 0.15) is 6.61 Å². The monoisotopic (exact) mass is 473 g/mol. The van der Waals surface area contributed by atoms with Gasteiger partial charge in [0.2, 0.25) is 0 Å². The van der Waals surface area contributed by atoms with Crippen molar-refractivity contribution in [1.29, 1.82) is 0 Å². The SMILES string of the molecule is CCOc1cc(C(=O)OCc2cc(=O)n3ccsc3n2)ccc1OCC(=O)N1CCOCC1. The van der Waals surface area contributed by atoms with E-state index in [4.69, 9.17) is 18.9 Å². The summed E-state index contributed by atoms with van der Waals surface area (Å²) in [4.78, 5) is 43.5. The van der Waals surface area contributed by atoms with E-state index >= 15 is 0 Å². The maximum Gasteiger partial charge on any atom is 0.338 e. The van der Waals surface area contributed by atoms with Crippen molar-refractivity contribution in [3.05, 3.63) is 57.5 Å². The van der Waals surface area contributed by atoms with Gasteiger partial charge in [0.25, 0.3) is 11.5 Å². The van der Waals surface area contributed by atoms with Gasteiger partial charge in [-0.1, -0.05) is 0 Å². The first-order valence-corrected chi connectivity index (χ1v) is 11.3. The van der Waals surface area contributed by atoms with Gasteiger partial charge >= 0.3 is 5.97 Å². The number of morpholine rings is 1. The van der Waals surface area contributed by atoms with Gasteiger partial charge in [-0.25, -0.2) is 9.78 Å². The predicted molar refractivity (Wildman–Crippen MR) is 119 cm³/mol. The second-order valence-electron chi connectivity index (χ2n) is 7.09. The molecule has 1 aliphatic rings. The summed E-state index contributed by atoms with van der Waals surface area (Å²) in [7, 11) is 0. The Morgan fingerprint density at radius 1 is 1.15 bits per heavy atom. The largest absolute Gasteiger partial charge is 0.490 e. The molecule has 1 aliphatic heterocycles. The zero-order chi connectivity index (χ0) is 23.2. The second-order valence-corrected chi connectivity index (χ2v) is 7.97. The maximum atomic E-state index is 12.6. The summed E-state index contributed by atoms with van der Waals surface area (Å²) in [5.41, 5.74) is 0.376. The number of carbonyl (C=O) groups is 2. The smallest absolute Gasteiger partial charge is 0.338 e. The molecule has 4 rings (SSSR count). The first-order valence-electron chi connectivity index (χ1n) is 10.4. The fourth-order valence-corrected chi connectivity index (χ4v) is 3.99. The summed E-state index contributed by atoms with van der Waals surface area (Å²) in [6.45, 7) is 3.96. The third kappa shape index (κ3) is 5.49. The Balaban J connectivity index is 1.40. The molecular formula is C22H23N3O7S. The van der Waals surface area contributed by atoms with E-state index in [1.54, 1.807) is 29.5 Å². The van der Waals surface area contributed by atoms with Gasteiger partial charge in [-0.3, -0.25) is 14.0 Å². The molecule has 1 aromatic carbocycles. The predicted octanol–water partition coefficient (Wildman–Crippen LogP) is 1.75. The zero-order valence-electron chi connectivity index (χ0n) is 18.0. The van der Waals surface area contributed by atoms with Crippen LogP contribution in [0.25, 0.3) is 4.96 Å². The lowest BCUT2D eigenvalue weighted by Crippen LogP contribution is -2.43. The number of benzene rings is 1. The van der Waals surface area contributed by atoms with Crippen LogP contribution in [0.15, 0.2) is 40.6 Å². The maximum absolute atomic E-state index is 12.6. The van der Waals surface area contributed by atoms with E-state index in [0.29, 0.717) is 55.1 Å². The average molecular weight is 474 g/mol. The van der Waals surface area contributed by atoms with Gasteiger partial charge in [0, 0.05) is 30.7 Å². The number of rotatable bonds is 8. The summed E-state index contributed by atoms with van der Waals surface area (Å²) in [6, 6.07) is 5.94. The van der Waals surface area contributed by atoms with Crippen LogP contribution in [-0.4, -0.2) is 65.7 Å². The molecule has 3 heterocycles. The van der Waals surface area contributed by atoms with E-state index < -0.39 is 5.97 Å². The third-order valence-electron chi connectivity index (χ3n) is 4.90. The highest BCUT2D eigenvalue weighted by molar-refractivity contribution is 7.15. The summed E-state index contributed by atoms with van der Waals surface area (Å²) in [6.07, 6.45) is 1.64. The number of ether oxygens (including phenoxy) is 4. The van der Waals surface area contributed by atoms with Gasteiger partial charge in [-0.2, -0.15) is 0 Å². The van der Waals surface area contributed by atoms with Gasteiger partial charge in [-0.15, -0.1) is 11.3 Å². The first-order chi connectivity index (χ1) is 16.0. The lowest BCUT2D eigenvalue weighted by Gasteiger charge is -2.26. The molecule has 1 amide bonds. The van der Waals surface area contributed by atoms with E-state index in [2.05, 4.69) is 4.98 Å². The minimum atomic E-state index is -0.597. The number of nitrogens with zero attached hydrogens (tertiary/aromatic N) is 3. The topological polar surface area (TPSA) is 109 Å². The Kier molecular flexibility index (Phi) is 7.20. The molecule has 3 aromatic rings. The van der Waals surface area contributed by atoms with Crippen molar-refractivity contribution >= 4 is 28.2 Å². The minimum Gasteiger partial charge on any atom is -0.490 e. The van der Waals surface area contributed by atoms with Gasteiger partial charge < -0.3 is 23.8 Å². The van der Waals surface area contributed by atoms with E-state index in [-0.39, 0.29) is 30.2 Å². The van der Waals surface area contributed by atoms with Gasteiger partial charge in [0.05, 0.1) is 31.1 Å². The quantitative estimate of drug-likeness (QED) is 0.455. The fraction of sp³-hybridized carbons (Fsp3) is 0.364. The number of hydrogen-bond donors (Lipinski definition) is 0. The molecule has 174 valence electrons. The molecule has 10 nitrogen and oxygen atoms in total. The Morgan fingerprint density at radius 3 is 2.76 bits per heavy atom. The molecule has 0 N–H and O–H groups in total. The molecule has 1 fully saturated rings. The summed E-state index contributed by atoms with van der Waals surface area (Å²) in [5.74, 6) is -0.0543. The molecular weight excluding hydrogens is 450 g/mol. The van der Waals surface area contributed by atoms with Gasteiger partial charge in [0.15, 0.2) is 23.1 Å². The number of carbonyl (C=O) groups excluding carboxylic acids is 2. The van der Waals surface area contributed by atoms with Crippen LogP contribution in [0, 0.1) is 0 Å². The Bertz CT molecular complexity index is 1200. The van der Waals surface area contributed by atoms with Crippen LogP contribution in [0.3, 0.4) is 0 Å². The van der Waals surface area contributed by atoms with Crippen molar-refractivity contribution in [2.45, 2.75) is 13.5 Å². The van der Waals surface area contributed by atoms with Crippen LogP contribution in [-0.2, 0) is 20.9 Å². The van der Waals surface area contributed by atoms with Crippen LogP contribution < -0.4 is 15.0 Å². The number of hydrogen-bond acceptors (Lipinski definition) is 9. The van der Waals surface area contributed by atoms with Crippen molar-refractivity contribution in [3.8, 4) is 11.5 Å². The first kappa shape index (κ1) is 22.7. The molecule has 11 heteroatoms. The minimum absolute atomic E-state index is 0.140. The van der Waals surface area contributed by atoms with Crippen molar-refractivity contribution in [2.75, 3.05) is 39.5 Å². The Morgan fingerprint density at radius 2 is 1.97 bits per heavy atom. The van der Waals surface area contributed by atoms with Crippen LogP contribution >= 0.6 is 11.3 Å². The lowest BCUT2D eigenvalue weighted by molar-refractivity contribution is -0.137. The third-order valence-corrected chi connectivity index (χ3v) is 5.66. The molecule has 33 heavy (non-hydrogen) atoms. The number of thiazole rings is 1. The lowest BCUT2D eigenvalue weighted by atomic mass is 10.2. The molecule has 2 aromatic heterocycles. The van der Waals surface area contributed by atoms with Gasteiger partial charge in [-0.05, 0) is 25.1 Å². The van der Waals surface area contributed by atoms with E-state index in [0.717, 1.165) is 0 Å². The van der Waals surface area contributed by atoms with E-state index in [9.17, 15) is 14.4 Å². The normalized spacial score (nSPS) is 13.7. The highest BCUT2D eigenvalue weighted by Gasteiger charge is 2.19. The van der Waals surface area contributed by atoms with Crippen molar-refractivity contribution in [2.24, 2.45) is 0 Å². The molecule has 0 spiro atoms. The van der Waals surface area contributed by atoms with Crippen molar-refractivity contribution in [1.82, 2.24) is 14.3 Å². The van der Waals surface area contributed by atoms with Crippen LogP contribution in [0.2, 0.25) is 0 Å². The summed E-state index contributed by atoms with van der Waals surface area (Å²) >= 11 is 1.32. The summed E-state index contributed by atoms with van der Waals surface area (Å²) in [5, 5.41) is 1.76. The highest BCUT2D eigenvalue weighted by Crippen LogP contribution is 2.29. The molecule has 0 radical (unpaired) electrons. The van der Waals surface area contributed by atoms with E-state index in [1.165, 1.54) is 33.9 Å². The van der Waals surface area contributed by atoms with Crippen LogP contribution in [0.1, 0.15) is 23.0 Å². The zero-order valence-corrected chi connectivity index (χ0v) is 18.8.